The normalized spacial score (nSPS) is 11.9. The molecular weight excluding hydrogens is 262 g/mol. The highest BCUT2D eigenvalue weighted by Gasteiger charge is 2.14. The number of amides is 1. The number of hydrogen-bond acceptors (Lipinski definition) is 4. The number of aliphatic carboxylic acids is 1. The van der Waals surface area contributed by atoms with Crippen LogP contribution in [-0.4, -0.2) is 29.9 Å². The van der Waals surface area contributed by atoms with Crippen LogP contribution in [-0.2, 0) is 11.2 Å². The molecule has 0 aromatic heterocycles. The van der Waals surface area contributed by atoms with E-state index in [1.807, 2.05) is 25.3 Å². The standard InChI is InChI=1S/C14H19NO3S/c1-3-10-4-6-11(7-5-10)13(16)15-12(14(17)18)8-9-19-2/h4-7,12H,3,8-9H2,1-2H3,(H,15,16)(H,17,18)/p-1/t12-/m0/s1. The van der Waals surface area contributed by atoms with Crippen LogP contribution in [0.5, 0.6) is 0 Å². The fraction of sp³-hybridized carbons (Fsp3) is 0.429. The molecule has 0 bridgehead atoms. The number of rotatable bonds is 7. The molecule has 0 aliphatic heterocycles. The molecule has 0 radical (unpaired) electrons. The predicted molar refractivity (Wildman–Crippen MR) is 75.1 cm³/mol. The smallest absolute Gasteiger partial charge is 0.251 e. The van der Waals surface area contributed by atoms with Crippen LogP contribution in [0, 0.1) is 0 Å². The number of carbonyl (C=O) groups excluding carboxylic acids is 2. The highest BCUT2D eigenvalue weighted by molar-refractivity contribution is 7.98. The minimum absolute atomic E-state index is 0.363. The van der Waals surface area contributed by atoms with Crippen LogP contribution in [0.4, 0.5) is 0 Å². The topological polar surface area (TPSA) is 69.2 Å². The van der Waals surface area contributed by atoms with E-state index in [1.165, 1.54) is 11.8 Å². The first kappa shape index (κ1) is 15.6. The maximum absolute atomic E-state index is 11.9. The second-order valence-corrected chi connectivity index (χ2v) is 5.16. The van der Waals surface area contributed by atoms with Gasteiger partial charge >= 0.3 is 0 Å². The van der Waals surface area contributed by atoms with Gasteiger partial charge in [0.25, 0.3) is 5.91 Å². The lowest BCUT2D eigenvalue weighted by Gasteiger charge is -2.19. The summed E-state index contributed by atoms with van der Waals surface area (Å²) in [4.78, 5) is 22.9. The van der Waals surface area contributed by atoms with Gasteiger partial charge in [-0.2, -0.15) is 11.8 Å². The van der Waals surface area contributed by atoms with Gasteiger partial charge in [-0.1, -0.05) is 19.1 Å². The van der Waals surface area contributed by atoms with Crippen LogP contribution >= 0.6 is 11.8 Å². The van der Waals surface area contributed by atoms with Gasteiger partial charge in [0.05, 0.1) is 12.0 Å². The molecule has 4 nitrogen and oxygen atoms in total. The molecule has 1 amide bonds. The Kier molecular flexibility index (Phi) is 6.42. The van der Waals surface area contributed by atoms with E-state index >= 15 is 0 Å². The van der Waals surface area contributed by atoms with Crippen LogP contribution in [0.15, 0.2) is 24.3 Å². The van der Waals surface area contributed by atoms with Crippen molar-refractivity contribution >= 4 is 23.6 Å². The molecule has 1 aromatic rings. The number of hydrogen-bond donors (Lipinski definition) is 1. The van der Waals surface area contributed by atoms with Crippen molar-refractivity contribution in [2.24, 2.45) is 0 Å². The molecule has 0 aliphatic carbocycles. The van der Waals surface area contributed by atoms with Crippen LogP contribution < -0.4 is 10.4 Å². The number of carbonyl (C=O) groups is 2. The Morgan fingerprint density at radius 2 is 1.95 bits per heavy atom. The molecule has 0 spiro atoms. The average molecular weight is 280 g/mol. The van der Waals surface area contributed by atoms with E-state index in [-0.39, 0.29) is 5.91 Å². The minimum Gasteiger partial charge on any atom is -0.548 e. The number of carboxylic acid groups (broad SMARTS) is 1. The predicted octanol–water partition coefficient (Wildman–Crippen LogP) is 0.850. The molecule has 0 aliphatic rings. The molecule has 0 unspecified atom stereocenters. The first-order chi connectivity index (χ1) is 9.08. The van der Waals surface area contributed by atoms with Crippen molar-refractivity contribution in [2.75, 3.05) is 12.0 Å². The van der Waals surface area contributed by atoms with Gasteiger partial charge in [-0.25, -0.2) is 0 Å². The molecule has 5 heteroatoms. The number of nitrogens with one attached hydrogen (secondary N) is 1. The fourth-order valence-corrected chi connectivity index (χ4v) is 2.09. The lowest BCUT2D eigenvalue weighted by molar-refractivity contribution is -0.308. The summed E-state index contributed by atoms with van der Waals surface area (Å²) in [5, 5.41) is 13.4. The van der Waals surface area contributed by atoms with Gasteiger partial charge in [0.1, 0.15) is 0 Å². The molecule has 0 heterocycles. The third kappa shape index (κ3) is 4.95. The second-order valence-electron chi connectivity index (χ2n) is 4.18. The SMILES string of the molecule is CCc1ccc(C(=O)N[C@@H](CCSC)C(=O)[O-])cc1. The Hall–Kier alpha value is -1.49. The first-order valence-electron chi connectivity index (χ1n) is 6.18. The minimum atomic E-state index is -1.24. The van der Waals surface area contributed by atoms with Crippen molar-refractivity contribution in [3.8, 4) is 0 Å². The summed E-state index contributed by atoms with van der Waals surface area (Å²) < 4.78 is 0. The van der Waals surface area contributed by atoms with Crippen LogP contribution in [0.25, 0.3) is 0 Å². The van der Waals surface area contributed by atoms with Crippen LogP contribution in [0.1, 0.15) is 29.3 Å². The molecule has 1 rings (SSSR count). The zero-order valence-corrected chi connectivity index (χ0v) is 12.0. The molecule has 0 fully saturated rings. The summed E-state index contributed by atoms with van der Waals surface area (Å²) in [7, 11) is 0. The van der Waals surface area contributed by atoms with E-state index in [9.17, 15) is 14.7 Å². The lowest BCUT2D eigenvalue weighted by Crippen LogP contribution is -2.48. The maximum atomic E-state index is 11.9. The Morgan fingerprint density at radius 1 is 1.32 bits per heavy atom. The van der Waals surface area contributed by atoms with Crippen molar-refractivity contribution in [1.82, 2.24) is 5.32 Å². The van der Waals surface area contributed by atoms with Gasteiger partial charge in [0.2, 0.25) is 0 Å². The Balaban J connectivity index is 2.67. The second kappa shape index (κ2) is 7.84. The molecule has 19 heavy (non-hydrogen) atoms. The molecule has 1 N–H and O–H groups in total. The molecule has 0 saturated heterocycles. The molecular formula is C14H18NO3S-. The summed E-state index contributed by atoms with van der Waals surface area (Å²) >= 11 is 1.53. The van der Waals surface area contributed by atoms with Crippen molar-refractivity contribution in [2.45, 2.75) is 25.8 Å². The highest BCUT2D eigenvalue weighted by Crippen LogP contribution is 2.06. The maximum Gasteiger partial charge on any atom is 0.251 e. The van der Waals surface area contributed by atoms with E-state index in [4.69, 9.17) is 0 Å². The van der Waals surface area contributed by atoms with Crippen LogP contribution in [0.3, 0.4) is 0 Å². The van der Waals surface area contributed by atoms with Gasteiger partial charge in [-0.3, -0.25) is 4.79 Å². The lowest BCUT2D eigenvalue weighted by atomic mass is 10.1. The number of thioether (sulfide) groups is 1. The summed E-state index contributed by atoms with van der Waals surface area (Å²) in [6.07, 6.45) is 3.15. The van der Waals surface area contributed by atoms with Gasteiger partial charge in [-0.05, 0) is 42.5 Å². The third-order valence-electron chi connectivity index (χ3n) is 2.82. The Morgan fingerprint density at radius 3 is 2.42 bits per heavy atom. The molecule has 0 saturated carbocycles. The quantitative estimate of drug-likeness (QED) is 0.804. The van der Waals surface area contributed by atoms with Crippen molar-refractivity contribution in [3.05, 3.63) is 35.4 Å². The number of aryl methyl sites for hydroxylation is 1. The van der Waals surface area contributed by atoms with Gasteiger partial charge < -0.3 is 15.2 Å². The zero-order chi connectivity index (χ0) is 14.3. The summed E-state index contributed by atoms with van der Waals surface area (Å²) in [6.45, 7) is 2.03. The largest absolute Gasteiger partial charge is 0.548 e. The van der Waals surface area contributed by atoms with E-state index in [0.29, 0.717) is 17.7 Å². The molecule has 1 aromatic carbocycles. The summed E-state index contributed by atoms with van der Waals surface area (Å²) in [6, 6.07) is 6.20. The number of benzene rings is 1. The first-order valence-corrected chi connectivity index (χ1v) is 7.57. The van der Waals surface area contributed by atoms with Crippen molar-refractivity contribution in [1.29, 1.82) is 0 Å². The van der Waals surface area contributed by atoms with E-state index in [2.05, 4.69) is 5.32 Å². The van der Waals surface area contributed by atoms with Crippen molar-refractivity contribution in [3.63, 3.8) is 0 Å². The van der Waals surface area contributed by atoms with E-state index in [0.717, 1.165) is 12.0 Å². The Labute approximate surface area is 117 Å². The zero-order valence-electron chi connectivity index (χ0n) is 11.1. The van der Waals surface area contributed by atoms with Crippen molar-refractivity contribution < 1.29 is 14.7 Å². The monoisotopic (exact) mass is 280 g/mol. The molecule has 104 valence electrons. The molecule has 1 atom stereocenters. The van der Waals surface area contributed by atoms with E-state index in [1.54, 1.807) is 12.1 Å². The van der Waals surface area contributed by atoms with Crippen LogP contribution in [0.2, 0.25) is 0 Å². The third-order valence-corrected chi connectivity index (χ3v) is 3.47. The highest BCUT2D eigenvalue weighted by atomic mass is 32.2. The average Bonchev–Trinajstić information content (AvgIpc) is 2.43. The van der Waals surface area contributed by atoms with E-state index < -0.39 is 12.0 Å². The summed E-state index contributed by atoms with van der Waals surface area (Å²) in [5.41, 5.74) is 1.60. The van der Waals surface area contributed by atoms with Gasteiger partial charge in [0.15, 0.2) is 0 Å². The van der Waals surface area contributed by atoms with Gasteiger partial charge in [-0.15, -0.1) is 0 Å². The Bertz CT molecular complexity index is 431. The summed E-state index contributed by atoms with van der Waals surface area (Å²) in [5.74, 6) is -0.959. The fourth-order valence-electron chi connectivity index (χ4n) is 1.62. The van der Waals surface area contributed by atoms with Gasteiger partial charge in [0, 0.05) is 5.56 Å². The number of carboxylic acids is 1.